The Morgan fingerprint density at radius 1 is 1.20 bits per heavy atom. The lowest BCUT2D eigenvalue weighted by Crippen LogP contribution is -2.01. The minimum Gasteiger partial charge on any atom is -0.497 e. The molecule has 1 heterocycles. The van der Waals surface area contributed by atoms with Gasteiger partial charge in [-0.1, -0.05) is 25.6 Å². The zero-order valence-corrected chi connectivity index (χ0v) is 13.3. The fourth-order valence-corrected chi connectivity index (χ4v) is 2.83. The number of benzene rings is 1. The van der Waals surface area contributed by atoms with Crippen molar-refractivity contribution < 1.29 is 4.74 Å². The molecule has 1 aromatic carbocycles. The Morgan fingerprint density at radius 3 is 2.45 bits per heavy atom. The van der Waals surface area contributed by atoms with Gasteiger partial charge in [-0.15, -0.1) is 10.2 Å². The van der Waals surface area contributed by atoms with Crippen molar-refractivity contribution >= 4 is 11.8 Å². The summed E-state index contributed by atoms with van der Waals surface area (Å²) in [5, 5.41) is 9.66. The molecule has 5 heteroatoms. The molecule has 0 atom stereocenters. The smallest absolute Gasteiger partial charge is 0.191 e. The number of rotatable bonds is 6. The van der Waals surface area contributed by atoms with E-state index in [4.69, 9.17) is 4.74 Å². The van der Waals surface area contributed by atoms with Gasteiger partial charge >= 0.3 is 0 Å². The second kappa shape index (κ2) is 6.79. The topological polar surface area (TPSA) is 39.9 Å². The fraction of sp³-hybridized carbons (Fsp3) is 0.467. The van der Waals surface area contributed by atoms with Crippen molar-refractivity contribution in [2.75, 3.05) is 12.9 Å². The highest BCUT2D eigenvalue weighted by Crippen LogP contribution is 2.26. The lowest BCUT2D eigenvalue weighted by Gasteiger charge is -2.08. The summed E-state index contributed by atoms with van der Waals surface area (Å²) in [4.78, 5) is 0. The van der Waals surface area contributed by atoms with E-state index in [-0.39, 0.29) is 0 Å². The maximum absolute atomic E-state index is 5.18. The van der Waals surface area contributed by atoms with Crippen LogP contribution >= 0.6 is 11.8 Å². The number of nitrogens with zero attached hydrogens (tertiary/aromatic N) is 3. The van der Waals surface area contributed by atoms with Crippen LogP contribution in [0.15, 0.2) is 29.4 Å². The summed E-state index contributed by atoms with van der Waals surface area (Å²) in [6, 6.07) is 7.94. The van der Waals surface area contributed by atoms with Gasteiger partial charge in [-0.25, -0.2) is 0 Å². The van der Waals surface area contributed by atoms with Gasteiger partial charge in [0.15, 0.2) is 11.0 Å². The van der Waals surface area contributed by atoms with Crippen LogP contribution in [0.3, 0.4) is 0 Å². The molecular weight excluding hydrogens is 270 g/mol. The summed E-state index contributed by atoms with van der Waals surface area (Å²) in [6.45, 7) is 7.42. The summed E-state index contributed by atoms with van der Waals surface area (Å²) < 4.78 is 7.35. The molecule has 0 bridgehead atoms. The highest BCUT2D eigenvalue weighted by molar-refractivity contribution is 7.99. The largest absolute Gasteiger partial charge is 0.497 e. The predicted octanol–water partition coefficient (Wildman–Crippen LogP) is 3.72. The second-order valence-electron chi connectivity index (χ2n) is 4.98. The highest BCUT2D eigenvalue weighted by atomic mass is 32.2. The number of thioether (sulfide) groups is 1. The summed E-state index contributed by atoms with van der Waals surface area (Å²) in [5.41, 5.74) is 1.07. The van der Waals surface area contributed by atoms with Crippen molar-refractivity contribution in [3.63, 3.8) is 0 Å². The first-order valence-corrected chi connectivity index (χ1v) is 7.84. The summed E-state index contributed by atoms with van der Waals surface area (Å²) in [5.74, 6) is 3.47. The van der Waals surface area contributed by atoms with E-state index in [1.54, 1.807) is 18.9 Å². The SMILES string of the molecule is CCn1c(SCC(C)C)nnc1-c1ccc(OC)cc1. The quantitative estimate of drug-likeness (QED) is 0.760. The zero-order valence-electron chi connectivity index (χ0n) is 12.5. The van der Waals surface area contributed by atoms with Gasteiger partial charge in [0, 0.05) is 17.9 Å². The van der Waals surface area contributed by atoms with Crippen molar-refractivity contribution in [3.05, 3.63) is 24.3 Å². The molecule has 20 heavy (non-hydrogen) atoms. The molecule has 0 spiro atoms. The Balaban J connectivity index is 2.26. The van der Waals surface area contributed by atoms with Crippen LogP contribution in [-0.2, 0) is 6.54 Å². The van der Waals surface area contributed by atoms with Gasteiger partial charge in [0.2, 0.25) is 0 Å². The summed E-state index contributed by atoms with van der Waals surface area (Å²) in [7, 11) is 1.67. The number of ether oxygens (including phenoxy) is 1. The molecule has 0 unspecified atom stereocenters. The molecule has 2 aromatic rings. The lowest BCUT2D eigenvalue weighted by atomic mass is 10.2. The van der Waals surface area contributed by atoms with Crippen LogP contribution in [0.4, 0.5) is 0 Å². The Hall–Kier alpha value is -1.49. The minimum absolute atomic E-state index is 0.645. The van der Waals surface area contributed by atoms with Crippen LogP contribution in [-0.4, -0.2) is 27.6 Å². The van der Waals surface area contributed by atoms with Gasteiger partial charge in [-0.2, -0.15) is 0 Å². The maximum Gasteiger partial charge on any atom is 0.191 e. The third kappa shape index (κ3) is 3.33. The number of hydrogen-bond acceptors (Lipinski definition) is 4. The first-order chi connectivity index (χ1) is 9.65. The van der Waals surface area contributed by atoms with Gasteiger partial charge in [-0.3, -0.25) is 0 Å². The second-order valence-corrected chi connectivity index (χ2v) is 5.97. The molecule has 0 fully saturated rings. The molecule has 2 rings (SSSR count). The average molecular weight is 291 g/mol. The zero-order chi connectivity index (χ0) is 14.5. The molecule has 0 N–H and O–H groups in total. The van der Waals surface area contributed by atoms with E-state index < -0.39 is 0 Å². The molecule has 108 valence electrons. The van der Waals surface area contributed by atoms with Gasteiger partial charge in [-0.05, 0) is 37.1 Å². The first kappa shape index (κ1) is 14.9. The van der Waals surface area contributed by atoms with Gasteiger partial charge in [0.05, 0.1) is 7.11 Å². The van der Waals surface area contributed by atoms with Crippen molar-refractivity contribution in [2.45, 2.75) is 32.5 Å². The van der Waals surface area contributed by atoms with E-state index in [1.165, 1.54) is 0 Å². The molecule has 0 aliphatic rings. The average Bonchev–Trinajstić information content (AvgIpc) is 2.88. The normalized spacial score (nSPS) is 11.1. The fourth-order valence-electron chi connectivity index (χ4n) is 1.88. The Labute approximate surface area is 124 Å². The molecule has 0 aliphatic heterocycles. The minimum atomic E-state index is 0.645. The molecule has 4 nitrogen and oxygen atoms in total. The standard InChI is InChI=1S/C15H21N3OS/c1-5-18-14(12-6-8-13(19-4)9-7-12)16-17-15(18)20-10-11(2)3/h6-9,11H,5,10H2,1-4H3. The van der Waals surface area contributed by atoms with Crippen LogP contribution in [0.25, 0.3) is 11.4 Å². The molecule has 0 saturated carbocycles. The van der Waals surface area contributed by atoms with Crippen molar-refractivity contribution in [2.24, 2.45) is 5.92 Å². The molecule has 0 radical (unpaired) electrons. The molecular formula is C15H21N3OS. The van der Waals surface area contributed by atoms with E-state index >= 15 is 0 Å². The predicted molar refractivity (Wildman–Crippen MR) is 83.2 cm³/mol. The Kier molecular flexibility index (Phi) is 5.06. The number of methoxy groups -OCH3 is 1. The van der Waals surface area contributed by atoms with E-state index in [2.05, 4.69) is 35.5 Å². The van der Waals surface area contributed by atoms with Gasteiger partial charge < -0.3 is 9.30 Å². The molecule has 0 saturated heterocycles. The van der Waals surface area contributed by atoms with Crippen molar-refractivity contribution in [1.82, 2.24) is 14.8 Å². The maximum atomic E-state index is 5.18. The third-order valence-electron chi connectivity index (χ3n) is 2.93. The molecule has 0 aliphatic carbocycles. The van der Waals surface area contributed by atoms with Gasteiger partial charge in [0.1, 0.15) is 5.75 Å². The van der Waals surface area contributed by atoms with E-state index in [9.17, 15) is 0 Å². The van der Waals surface area contributed by atoms with Crippen molar-refractivity contribution in [3.8, 4) is 17.1 Å². The van der Waals surface area contributed by atoms with Crippen LogP contribution in [0.2, 0.25) is 0 Å². The van der Waals surface area contributed by atoms with Crippen LogP contribution in [0, 0.1) is 5.92 Å². The summed E-state index contributed by atoms with van der Waals surface area (Å²) >= 11 is 1.77. The first-order valence-electron chi connectivity index (χ1n) is 6.86. The molecule has 1 aromatic heterocycles. The van der Waals surface area contributed by atoms with E-state index in [0.717, 1.165) is 34.6 Å². The van der Waals surface area contributed by atoms with E-state index in [1.807, 2.05) is 24.3 Å². The van der Waals surface area contributed by atoms with Gasteiger partial charge in [0.25, 0.3) is 0 Å². The Bertz CT molecular complexity index is 549. The number of hydrogen-bond donors (Lipinski definition) is 0. The molecule has 0 amide bonds. The third-order valence-corrected chi connectivity index (χ3v) is 4.32. The van der Waals surface area contributed by atoms with E-state index in [0.29, 0.717) is 5.92 Å². The summed E-state index contributed by atoms with van der Waals surface area (Å²) in [6.07, 6.45) is 0. The monoisotopic (exact) mass is 291 g/mol. The Morgan fingerprint density at radius 2 is 1.90 bits per heavy atom. The number of aromatic nitrogens is 3. The highest BCUT2D eigenvalue weighted by Gasteiger charge is 2.13. The van der Waals surface area contributed by atoms with Crippen LogP contribution in [0.5, 0.6) is 5.75 Å². The lowest BCUT2D eigenvalue weighted by molar-refractivity contribution is 0.415. The van der Waals surface area contributed by atoms with Crippen molar-refractivity contribution in [1.29, 1.82) is 0 Å². The van der Waals surface area contributed by atoms with Crippen LogP contribution < -0.4 is 4.74 Å². The van der Waals surface area contributed by atoms with Crippen LogP contribution in [0.1, 0.15) is 20.8 Å².